The van der Waals surface area contributed by atoms with Crippen LogP contribution in [-0.2, 0) is 18.2 Å². The van der Waals surface area contributed by atoms with Crippen molar-refractivity contribution in [2.75, 3.05) is 39.9 Å². The van der Waals surface area contributed by atoms with E-state index in [0.29, 0.717) is 5.58 Å². The minimum absolute atomic E-state index is 0.298. The van der Waals surface area contributed by atoms with Gasteiger partial charge in [-0.1, -0.05) is 6.07 Å². The first kappa shape index (κ1) is 14.4. The maximum atomic E-state index is 11.5. The van der Waals surface area contributed by atoms with Crippen LogP contribution < -0.4 is 5.76 Å². The van der Waals surface area contributed by atoms with E-state index in [1.807, 2.05) is 12.1 Å². The van der Waals surface area contributed by atoms with E-state index in [9.17, 15) is 4.79 Å². The van der Waals surface area contributed by atoms with E-state index >= 15 is 0 Å². The molecule has 0 saturated carbocycles. The number of ether oxygens (including phenoxy) is 1. The van der Waals surface area contributed by atoms with Crippen molar-refractivity contribution in [1.82, 2.24) is 4.57 Å². The van der Waals surface area contributed by atoms with Crippen LogP contribution in [0, 0.1) is 0 Å². The van der Waals surface area contributed by atoms with E-state index in [0.717, 1.165) is 49.1 Å². The van der Waals surface area contributed by atoms with Gasteiger partial charge in [-0.2, -0.15) is 0 Å². The Kier molecular flexibility index (Phi) is 3.87. The van der Waals surface area contributed by atoms with Crippen molar-refractivity contribution in [3.8, 4) is 0 Å². The lowest BCUT2D eigenvalue weighted by Crippen LogP contribution is -2.52. The SMILES string of the molecule is Cn1c(=O)oc2cc(CCC[N+]3(C)CCOCC3)ccc21. The summed E-state index contributed by atoms with van der Waals surface area (Å²) in [6.07, 6.45) is 2.16. The molecular formula is C16H23N2O3+. The predicted octanol–water partition coefficient (Wildman–Crippen LogP) is 1.54. The zero-order chi connectivity index (χ0) is 14.9. The molecule has 1 aromatic heterocycles. The highest BCUT2D eigenvalue weighted by Crippen LogP contribution is 2.16. The van der Waals surface area contributed by atoms with Crippen LogP contribution in [0.3, 0.4) is 0 Å². The highest BCUT2D eigenvalue weighted by Gasteiger charge is 2.24. The highest BCUT2D eigenvalue weighted by molar-refractivity contribution is 5.73. The normalized spacial score (nSPS) is 18.2. The third-order valence-electron chi connectivity index (χ3n) is 4.57. The maximum Gasteiger partial charge on any atom is 0.419 e. The lowest BCUT2D eigenvalue weighted by atomic mass is 10.1. The molecule has 0 amide bonds. The molecule has 5 heteroatoms. The predicted molar refractivity (Wildman–Crippen MR) is 81.4 cm³/mol. The fourth-order valence-corrected chi connectivity index (χ4v) is 3.01. The molecule has 0 aliphatic carbocycles. The Balaban J connectivity index is 1.64. The van der Waals surface area contributed by atoms with Gasteiger partial charge in [-0.15, -0.1) is 0 Å². The second-order valence-electron chi connectivity index (χ2n) is 6.24. The molecule has 0 bridgehead atoms. The summed E-state index contributed by atoms with van der Waals surface area (Å²) in [4.78, 5) is 11.5. The summed E-state index contributed by atoms with van der Waals surface area (Å²) >= 11 is 0. The molecule has 5 nitrogen and oxygen atoms in total. The van der Waals surface area contributed by atoms with Crippen molar-refractivity contribution in [2.45, 2.75) is 12.8 Å². The number of benzene rings is 1. The number of quaternary nitrogens is 1. The first-order valence-corrected chi connectivity index (χ1v) is 7.57. The van der Waals surface area contributed by atoms with Gasteiger partial charge in [0.2, 0.25) is 0 Å². The standard InChI is InChI=1S/C16H23N2O3/c1-17-14-6-5-13(12-15(14)21-16(17)19)4-3-7-18(2)8-10-20-11-9-18/h5-6,12H,3-4,7-11H2,1-2H3/q+1. The molecule has 2 aromatic rings. The Morgan fingerprint density at radius 3 is 2.81 bits per heavy atom. The largest absolute Gasteiger partial charge is 0.419 e. The van der Waals surface area contributed by atoms with E-state index in [2.05, 4.69) is 13.1 Å². The van der Waals surface area contributed by atoms with Gasteiger partial charge >= 0.3 is 5.76 Å². The lowest BCUT2D eigenvalue weighted by Gasteiger charge is -2.37. The van der Waals surface area contributed by atoms with Crippen LogP contribution in [0.25, 0.3) is 11.1 Å². The van der Waals surface area contributed by atoms with Gasteiger partial charge in [-0.05, 0) is 24.1 Å². The first-order valence-electron chi connectivity index (χ1n) is 7.57. The molecule has 1 fully saturated rings. The van der Waals surface area contributed by atoms with Crippen molar-refractivity contribution in [2.24, 2.45) is 7.05 Å². The number of fused-ring (bicyclic) bond motifs is 1. The molecule has 3 rings (SSSR count). The van der Waals surface area contributed by atoms with E-state index in [1.54, 1.807) is 11.6 Å². The van der Waals surface area contributed by atoms with Crippen LogP contribution in [0.4, 0.5) is 0 Å². The molecule has 1 aliphatic rings. The first-order chi connectivity index (χ1) is 10.1. The van der Waals surface area contributed by atoms with Crippen LogP contribution in [-0.4, -0.2) is 48.9 Å². The Morgan fingerprint density at radius 1 is 1.29 bits per heavy atom. The summed E-state index contributed by atoms with van der Waals surface area (Å²) in [5.41, 5.74) is 2.78. The minimum Gasteiger partial charge on any atom is -0.408 e. The Morgan fingerprint density at radius 2 is 2.05 bits per heavy atom. The quantitative estimate of drug-likeness (QED) is 0.803. The Bertz CT molecular complexity index is 680. The molecule has 1 aliphatic heterocycles. The van der Waals surface area contributed by atoms with Gasteiger partial charge in [-0.3, -0.25) is 4.57 Å². The van der Waals surface area contributed by atoms with E-state index in [4.69, 9.17) is 9.15 Å². The molecule has 0 atom stereocenters. The fraction of sp³-hybridized carbons (Fsp3) is 0.562. The number of likely N-dealkylation sites (N-methyl/N-ethyl adjacent to an activating group) is 1. The smallest absolute Gasteiger partial charge is 0.408 e. The van der Waals surface area contributed by atoms with Crippen molar-refractivity contribution in [3.63, 3.8) is 0 Å². The second-order valence-corrected chi connectivity index (χ2v) is 6.24. The number of rotatable bonds is 4. The molecule has 0 unspecified atom stereocenters. The van der Waals surface area contributed by atoms with E-state index in [-0.39, 0.29) is 5.76 Å². The van der Waals surface area contributed by atoms with Gasteiger partial charge in [0, 0.05) is 13.5 Å². The van der Waals surface area contributed by atoms with Gasteiger partial charge < -0.3 is 13.6 Å². The number of aromatic nitrogens is 1. The topological polar surface area (TPSA) is 44.4 Å². The molecule has 2 heterocycles. The summed E-state index contributed by atoms with van der Waals surface area (Å²) in [5.74, 6) is -0.298. The highest BCUT2D eigenvalue weighted by atomic mass is 16.5. The summed E-state index contributed by atoms with van der Waals surface area (Å²) < 4.78 is 13.3. The second kappa shape index (κ2) is 5.66. The number of nitrogens with zero attached hydrogens (tertiary/aromatic N) is 2. The number of hydrogen-bond acceptors (Lipinski definition) is 3. The van der Waals surface area contributed by atoms with Crippen molar-refractivity contribution >= 4 is 11.1 Å². The van der Waals surface area contributed by atoms with Crippen LogP contribution in [0.2, 0.25) is 0 Å². The Hall–Kier alpha value is -1.59. The minimum atomic E-state index is -0.298. The molecule has 0 N–H and O–H groups in total. The molecule has 0 spiro atoms. The van der Waals surface area contributed by atoms with E-state index < -0.39 is 0 Å². The average Bonchev–Trinajstić information content (AvgIpc) is 2.74. The molecule has 21 heavy (non-hydrogen) atoms. The molecule has 1 saturated heterocycles. The number of morpholine rings is 1. The van der Waals surface area contributed by atoms with Crippen LogP contribution in [0.1, 0.15) is 12.0 Å². The molecule has 1 aromatic carbocycles. The third-order valence-corrected chi connectivity index (χ3v) is 4.57. The maximum absolute atomic E-state index is 11.5. The summed E-state index contributed by atoms with van der Waals surface area (Å²) in [6, 6.07) is 6.06. The van der Waals surface area contributed by atoms with Crippen molar-refractivity contribution < 1.29 is 13.6 Å². The van der Waals surface area contributed by atoms with Gasteiger partial charge in [-0.25, -0.2) is 4.79 Å². The summed E-state index contributed by atoms with van der Waals surface area (Å²) in [6.45, 7) is 5.12. The number of aryl methyl sites for hydroxylation is 2. The van der Waals surface area contributed by atoms with Crippen molar-refractivity contribution in [3.05, 3.63) is 34.3 Å². The van der Waals surface area contributed by atoms with Crippen LogP contribution in [0.5, 0.6) is 0 Å². The lowest BCUT2D eigenvalue weighted by molar-refractivity contribution is -0.917. The third kappa shape index (κ3) is 3.04. The Labute approximate surface area is 124 Å². The zero-order valence-corrected chi connectivity index (χ0v) is 12.8. The summed E-state index contributed by atoms with van der Waals surface area (Å²) in [5, 5.41) is 0. The van der Waals surface area contributed by atoms with Crippen LogP contribution in [0.15, 0.2) is 27.4 Å². The zero-order valence-electron chi connectivity index (χ0n) is 12.8. The molecule has 114 valence electrons. The number of hydrogen-bond donors (Lipinski definition) is 0. The molecular weight excluding hydrogens is 268 g/mol. The van der Waals surface area contributed by atoms with E-state index in [1.165, 1.54) is 12.1 Å². The van der Waals surface area contributed by atoms with Gasteiger partial charge in [0.1, 0.15) is 13.1 Å². The van der Waals surface area contributed by atoms with Gasteiger partial charge in [0.25, 0.3) is 0 Å². The van der Waals surface area contributed by atoms with Gasteiger partial charge in [0.15, 0.2) is 5.58 Å². The van der Waals surface area contributed by atoms with Gasteiger partial charge in [0.05, 0.1) is 32.3 Å². The average molecular weight is 291 g/mol. The van der Waals surface area contributed by atoms with Crippen molar-refractivity contribution in [1.29, 1.82) is 0 Å². The van der Waals surface area contributed by atoms with Crippen LogP contribution >= 0.6 is 0 Å². The number of oxazole rings is 1. The molecule has 0 radical (unpaired) electrons. The fourth-order valence-electron chi connectivity index (χ4n) is 3.01. The monoisotopic (exact) mass is 291 g/mol. The summed E-state index contributed by atoms with van der Waals surface area (Å²) in [7, 11) is 4.04.